The molecular formula is C40H25N5. The molecule has 0 aliphatic rings. The first-order chi connectivity index (χ1) is 22.3. The van der Waals surface area contributed by atoms with E-state index < -0.39 is 0 Å². The maximum absolute atomic E-state index is 5.01. The van der Waals surface area contributed by atoms with Crippen molar-refractivity contribution in [2.24, 2.45) is 0 Å². The summed E-state index contributed by atoms with van der Waals surface area (Å²) in [5, 5.41) is 7.10. The van der Waals surface area contributed by atoms with Gasteiger partial charge in [-0.2, -0.15) is 0 Å². The third kappa shape index (κ3) is 4.17. The molecule has 0 amide bonds. The second-order valence-corrected chi connectivity index (χ2v) is 11.2. The summed E-state index contributed by atoms with van der Waals surface area (Å²) in [5.74, 6) is 0.864. The molecule has 0 radical (unpaired) electrons. The van der Waals surface area contributed by atoms with Crippen molar-refractivity contribution in [3.8, 4) is 39.6 Å². The number of rotatable bonds is 4. The minimum absolute atomic E-state index is 0.858. The SMILES string of the molecule is c1ccc(-c2ccc(-c3ccc4c(c3)c3c5ccccc5ccc3n4-c3ccc(-c4nccc5ccccc45)cn3)cn2)nc1. The Kier molecular flexibility index (Phi) is 5.74. The molecule has 5 aromatic heterocycles. The van der Waals surface area contributed by atoms with Crippen molar-refractivity contribution in [3.63, 3.8) is 0 Å². The Morgan fingerprint density at radius 1 is 0.422 bits per heavy atom. The Labute approximate surface area is 259 Å². The van der Waals surface area contributed by atoms with Crippen LogP contribution in [0.25, 0.3) is 82.9 Å². The van der Waals surface area contributed by atoms with Gasteiger partial charge in [-0.25, -0.2) is 4.98 Å². The lowest BCUT2D eigenvalue weighted by molar-refractivity contribution is 1.08. The van der Waals surface area contributed by atoms with Crippen molar-refractivity contribution in [1.29, 1.82) is 0 Å². The molecule has 0 N–H and O–H groups in total. The van der Waals surface area contributed by atoms with Gasteiger partial charge in [-0.15, -0.1) is 0 Å². The summed E-state index contributed by atoms with van der Waals surface area (Å²) >= 11 is 0. The molecule has 0 saturated carbocycles. The zero-order chi connectivity index (χ0) is 29.7. The molecule has 9 aromatic rings. The van der Waals surface area contributed by atoms with Gasteiger partial charge < -0.3 is 0 Å². The van der Waals surface area contributed by atoms with E-state index in [0.717, 1.165) is 56.0 Å². The first-order valence-electron chi connectivity index (χ1n) is 15.0. The molecule has 5 heterocycles. The summed E-state index contributed by atoms with van der Waals surface area (Å²) in [5.41, 5.74) is 8.04. The second kappa shape index (κ2) is 10.2. The largest absolute Gasteiger partial charge is 0.294 e. The Balaban J connectivity index is 1.21. The average Bonchev–Trinajstić information content (AvgIpc) is 3.46. The minimum Gasteiger partial charge on any atom is -0.294 e. The van der Waals surface area contributed by atoms with Gasteiger partial charge in [0, 0.05) is 52.1 Å². The normalized spacial score (nSPS) is 11.6. The van der Waals surface area contributed by atoms with Gasteiger partial charge in [0.15, 0.2) is 0 Å². The van der Waals surface area contributed by atoms with E-state index in [1.807, 2.05) is 48.9 Å². The van der Waals surface area contributed by atoms with Crippen LogP contribution in [0.2, 0.25) is 0 Å². The lowest BCUT2D eigenvalue weighted by atomic mass is 10.0. The molecule has 0 unspecified atom stereocenters. The van der Waals surface area contributed by atoms with Crippen molar-refractivity contribution < 1.29 is 0 Å². The van der Waals surface area contributed by atoms with Gasteiger partial charge in [0.2, 0.25) is 0 Å². The topological polar surface area (TPSA) is 56.5 Å². The fraction of sp³-hybridized carbons (Fsp3) is 0. The molecule has 4 aromatic carbocycles. The van der Waals surface area contributed by atoms with Crippen LogP contribution in [0.5, 0.6) is 0 Å². The third-order valence-electron chi connectivity index (χ3n) is 8.60. The van der Waals surface area contributed by atoms with Crippen molar-refractivity contribution >= 4 is 43.4 Å². The molecule has 5 nitrogen and oxygen atoms in total. The quantitative estimate of drug-likeness (QED) is 0.210. The Hall–Kier alpha value is -6.20. The lowest BCUT2D eigenvalue weighted by Crippen LogP contribution is -1.98. The zero-order valence-electron chi connectivity index (χ0n) is 24.2. The fourth-order valence-electron chi connectivity index (χ4n) is 6.46. The van der Waals surface area contributed by atoms with E-state index in [-0.39, 0.29) is 0 Å². The molecule has 5 heteroatoms. The monoisotopic (exact) mass is 575 g/mol. The summed E-state index contributed by atoms with van der Waals surface area (Å²) in [6.07, 6.45) is 7.53. The second-order valence-electron chi connectivity index (χ2n) is 11.2. The Morgan fingerprint density at radius 3 is 1.96 bits per heavy atom. The molecule has 0 spiro atoms. The van der Waals surface area contributed by atoms with Gasteiger partial charge >= 0.3 is 0 Å². The summed E-state index contributed by atoms with van der Waals surface area (Å²) in [4.78, 5) is 18.9. The predicted molar refractivity (Wildman–Crippen MR) is 183 cm³/mol. The smallest absolute Gasteiger partial charge is 0.137 e. The lowest BCUT2D eigenvalue weighted by Gasteiger charge is -2.10. The van der Waals surface area contributed by atoms with E-state index in [0.29, 0.717) is 0 Å². The van der Waals surface area contributed by atoms with Crippen molar-refractivity contribution in [1.82, 2.24) is 24.5 Å². The van der Waals surface area contributed by atoms with Crippen LogP contribution in [-0.2, 0) is 0 Å². The van der Waals surface area contributed by atoms with Crippen LogP contribution in [-0.4, -0.2) is 24.5 Å². The minimum atomic E-state index is 0.858. The molecule has 0 fully saturated rings. The molecule has 0 aliphatic carbocycles. The highest BCUT2D eigenvalue weighted by atomic mass is 15.1. The molecule has 0 bridgehead atoms. The van der Waals surface area contributed by atoms with Crippen LogP contribution in [0.4, 0.5) is 0 Å². The van der Waals surface area contributed by atoms with E-state index in [2.05, 4.69) is 107 Å². The highest BCUT2D eigenvalue weighted by molar-refractivity contribution is 6.21. The van der Waals surface area contributed by atoms with Gasteiger partial charge in [0.05, 0.1) is 28.1 Å². The Morgan fingerprint density at radius 2 is 1.16 bits per heavy atom. The van der Waals surface area contributed by atoms with Crippen LogP contribution >= 0.6 is 0 Å². The first-order valence-corrected chi connectivity index (χ1v) is 15.0. The first kappa shape index (κ1) is 25.3. The van der Waals surface area contributed by atoms with E-state index in [9.17, 15) is 0 Å². The molecule has 9 rings (SSSR count). The third-order valence-corrected chi connectivity index (χ3v) is 8.60. The number of fused-ring (bicyclic) bond motifs is 6. The maximum atomic E-state index is 5.01. The van der Waals surface area contributed by atoms with Crippen LogP contribution in [0, 0.1) is 0 Å². The molecule has 0 atom stereocenters. The fourth-order valence-corrected chi connectivity index (χ4v) is 6.46. The van der Waals surface area contributed by atoms with Crippen LogP contribution in [0.1, 0.15) is 0 Å². The van der Waals surface area contributed by atoms with Gasteiger partial charge in [0.25, 0.3) is 0 Å². The van der Waals surface area contributed by atoms with Crippen molar-refractivity contribution in [2.45, 2.75) is 0 Å². The van der Waals surface area contributed by atoms with Crippen molar-refractivity contribution in [3.05, 3.63) is 152 Å². The number of benzene rings is 4. The number of aromatic nitrogens is 5. The average molecular weight is 576 g/mol. The molecule has 0 aliphatic heterocycles. The highest BCUT2D eigenvalue weighted by Gasteiger charge is 2.17. The Bertz CT molecular complexity index is 2510. The van der Waals surface area contributed by atoms with Gasteiger partial charge in [-0.05, 0) is 76.3 Å². The molecule has 0 saturated heterocycles. The van der Waals surface area contributed by atoms with Crippen LogP contribution in [0.3, 0.4) is 0 Å². The van der Waals surface area contributed by atoms with Gasteiger partial charge in [-0.1, -0.05) is 72.8 Å². The van der Waals surface area contributed by atoms with Crippen LogP contribution < -0.4 is 0 Å². The standard InChI is InChI=1S/C40H25N5/c1-3-9-31-26(7-1)13-18-37-39(31)33-23-28(29-12-16-35(43-24-29)34-11-5-6-21-41-34)14-17-36(33)45(37)38-19-15-30(25-44-38)40-32-10-4-2-8-27(32)20-22-42-40/h1-25H. The maximum Gasteiger partial charge on any atom is 0.137 e. The summed E-state index contributed by atoms with van der Waals surface area (Å²) in [6.45, 7) is 0. The zero-order valence-corrected chi connectivity index (χ0v) is 24.2. The predicted octanol–water partition coefficient (Wildman–Crippen LogP) is 9.67. The van der Waals surface area contributed by atoms with E-state index in [4.69, 9.17) is 15.0 Å². The van der Waals surface area contributed by atoms with E-state index in [1.54, 1.807) is 6.20 Å². The van der Waals surface area contributed by atoms with E-state index >= 15 is 0 Å². The highest BCUT2D eigenvalue weighted by Crippen LogP contribution is 2.39. The van der Waals surface area contributed by atoms with Crippen LogP contribution in [0.15, 0.2) is 152 Å². The summed E-state index contributed by atoms with van der Waals surface area (Å²) < 4.78 is 2.27. The van der Waals surface area contributed by atoms with Gasteiger partial charge in [-0.3, -0.25) is 19.5 Å². The van der Waals surface area contributed by atoms with Gasteiger partial charge in [0.1, 0.15) is 5.82 Å². The molecular weight excluding hydrogens is 550 g/mol. The number of nitrogens with zero attached hydrogens (tertiary/aromatic N) is 5. The number of hydrogen-bond donors (Lipinski definition) is 0. The number of pyridine rings is 4. The molecule has 210 valence electrons. The number of hydrogen-bond acceptors (Lipinski definition) is 4. The molecule has 45 heavy (non-hydrogen) atoms. The summed E-state index contributed by atoms with van der Waals surface area (Å²) in [6, 6.07) is 44.3. The van der Waals surface area contributed by atoms with E-state index in [1.165, 1.54) is 26.9 Å². The summed E-state index contributed by atoms with van der Waals surface area (Å²) in [7, 11) is 0. The van der Waals surface area contributed by atoms with Crippen molar-refractivity contribution in [2.75, 3.05) is 0 Å².